The van der Waals surface area contributed by atoms with E-state index >= 15 is 0 Å². The first-order chi connectivity index (χ1) is 9.61. The van der Waals surface area contributed by atoms with Crippen LogP contribution < -0.4 is 10.5 Å². The maximum atomic E-state index is 11.4. The number of nitrogen functional groups attached to an aromatic ring is 1. The Morgan fingerprint density at radius 3 is 2.70 bits per heavy atom. The maximum Gasteiger partial charge on any atom is 0.161 e. The van der Waals surface area contributed by atoms with Crippen LogP contribution in [0.15, 0.2) is 42.5 Å². The third-order valence-electron chi connectivity index (χ3n) is 2.94. The Balaban J connectivity index is 2.17. The zero-order valence-electron chi connectivity index (χ0n) is 11.1. The van der Waals surface area contributed by atoms with Gasteiger partial charge in [-0.3, -0.25) is 4.79 Å². The average molecular weight is 266 g/mol. The van der Waals surface area contributed by atoms with Crippen LogP contribution in [0.1, 0.15) is 28.4 Å². The number of ether oxygens (including phenoxy) is 1. The molecule has 2 aromatic carbocycles. The SMILES string of the molecule is CC(=O)c1ccc(OCc2ccccc2N)cc1C#N. The van der Waals surface area contributed by atoms with Crippen molar-refractivity contribution in [2.45, 2.75) is 13.5 Å². The summed E-state index contributed by atoms with van der Waals surface area (Å²) < 4.78 is 5.61. The van der Waals surface area contributed by atoms with Gasteiger partial charge >= 0.3 is 0 Å². The minimum Gasteiger partial charge on any atom is -0.489 e. The molecular weight excluding hydrogens is 252 g/mol. The van der Waals surface area contributed by atoms with E-state index in [0.29, 0.717) is 29.2 Å². The second-order valence-corrected chi connectivity index (χ2v) is 4.36. The first-order valence-electron chi connectivity index (χ1n) is 6.13. The van der Waals surface area contributed by atoms with Gasteiger partial charge in [0.15, 0.2) is 5.78 Å². The summed E-state index contributed by atoms with van der Waals surface area (Å²) in [6.45, 7) is 1.75. The molecule has 2 N–H and O–H groups in total. The molecule has 0 aliphatic rings. The van der Waals surface area contributed by atoms with Gasteiger partial charge < -0.3 is 10.5 Å². The third-order valence-corrected chi connectivity index (χ3v) is 2.94. The van der Waals surface area contributed by atoms with Gasteiger partial charge in [0.25, 0.3) is 0 Å². The standard InChI is InChI=1S/C16H14N2O2/c1-11(19)15-7-6-14(8-13(15)9-17)20-10-12-4-2-3-5-16(12)18/h2-8H,10,18H2,1H3. The van der Waals surface area contributed by atoms with Crippen molar-refractivity contribution >= 4 is 11.5 Å². The lowest BCUT2D eigenvalue weighted by atomic mass is 10.1. The monoisotopic (exact) mass is 266 g/mol. The van der Waals surface area contributed by atoms with Crippen molar-refractivity contribution in [2.24, 2.45) is 0 Å². The minimum atomic E-state index is -0.139. The van der Waals surface area contributed by atoms with Crippen LogP contribution >= 0.6 is 0 Å². The Kier molecular flexibility index (Phi) is 4.02. The average Bonchev–Trinajstić information content (AvgIpc) is 2.46. The summed E-state index contributed by atoms with van der Waals surface area (Å²) >= 11 is 0. The number of ketones is 1. The van der Waals surface area contributed by atoms with Gasteiger partial charge in [0.2, 0.25) is 0 Å². The predicted octanol–water partition coefficient (Wildman–Crippen LogP) is 2.92. The van der Waals surface area contributed by atoms with Gasteiger partial charge in [-0.1, -0.05) is 18.2 Å². The van der Waals surface area contributed by atoms with Gasteiger partial charge in [-0.2, -0.15) is 5.26 Å². The molecule has 0 spiro atoms. The fourth-order valence-electron chi connectivity index (χ4n) is 1.84. The lowest BCUT2D eigenvalue weighted by Gasteiger charge is -2.09. The highest BCUT2D eigenvalue weighted by Crippen LogP contribution is 2.20. The van der Waals surface area contributed by atoms with E-state index in [4.69, 9.17) is 15.7 Å². The van der Waals surface area contributed by atoms with Crippen LogP contribution in [0.25, 0.3) is 0 Å². The van der Waals surface area contributed by atoms with E-state index in [1.54, 1.807) is 24.3 Å². The van der Waals surface area contributed by atoms with Crippen molar-refractivity contribution < 1.29 is 9.53 Å². The fourth-order valence-corrected chi connectivity index (χ4v) is 1.84. The van der Waals surface area contributed by atoms with Crippen LogP contribution in [0, 0.1) is 11.3 Å². The van der Waals surface area contributed by atoms with Gasteiger partial charge in [0, 0.05) is 16.8 Å². The Morgan fingerprint density at radius 1 is 1.30 bits per heavy atom. The van der Waals surface area contributed by atoms with Gasteiger partial charge in [0.05, 0.1) is 5.56 Å². The number of Topliss-reactive ketones (excluding diaryl/α,β-unsaturated/α-hetero) is 1. The molecule has 0 bridgehead atoms. The summed E-state index contributed by atoms with van der Waals surface area (Å²) in [5.74, 6) is 0.398. The van der Waals surface area contributed by atoms with Crippen LogP contribution in [0.2, 0.25) is 0 Å². The Bertz CT molecular complexity index is 687. The van der Waals surface area contributed by atoms with E-state index in [1.165, 1.54) is 6.92 Å². The largest absolute Gasteiger partial charge is 0.489 e. The van der Waals surface area contributed by atoms with Crippen molar-refractivity contribution in [1.82, 2.24) is 0 Å². The lowest BCUT2D eigenvalue weighted by molar-refractivity contribution is 0.101. The predicted molar refractivity (Wildman–Crippen MR) is 76.3 cm³/mol. The number of carbonyl (C=O) groups is 1. The Morgan fingerprint density at radius 2 is 2.05 bits per heavy atom. The normalized spacial score (nSPS) is 9.80. The molecule has 4 heteroatoms. The summed E-state index contributed by atoms with van der Waals surface area (Å²) in [7, 11) is 0. The molecule has 4 nitrogen and oxygen atoms in total. The number of hydrogen-bond acceptors (Lipinski definition) is 4. The molecule has 0 aliphatic heterocycles. The smallest absolute Gasteiger partial charge is 0.161 e. The highest BCUT2D eigenvalue weighted by Gasteiger charge is 2.08. The molecule has 0 atom stereocenters. The molecule has 0 amide bonds. The molecule has 0 fully saturated rings. The summed E-state index contributed by atoms with van der Waals surface area (Å²) in [6.07, 6.45) is 0. The number of para-hydroxylation sites is 1. The first kappa shape index (κ1) is 13.6. The van der Waals surface area contributed by atoms with Crippen LogP contribution in [0.4, 0.5) is 5.69 Å². The molecule has 100 valence electrons. The number of anilines is 1. The van der Waals surface area contributed by atoms with E-state index in [-0.39, 0.29) is 5.78 Å². The van der Waals surface area contributed by atoms with Gasteiger partial charge in [-0.05, 0) is 31.2 Å². The van der Waals surface area contributed by atoms with Crippen LogP contribution in [-0.2, 0) is 6.61 Å². The molecule has 0 unspecified atom stereocenters. The number of hydrogen-bond donors (Lipinski definition) is 1. The second-order valence-electron chi connectivity index (χ2n) is 4.36. The number of carbonyl (C=O) groups excluding carboxylic acids is 1. The first-order valence-corrected chi connectivity index (χ1v) is 6.13. The molecule has 2 rings (SSSR count). The van der Waals surface area contributed by atoms with Crippen LogP contribution in [0.3, 0.4) is 0 Å². The van der Waals surface area contributed by atoms with Gasteiger partial charge in [-0.15, -0.1) is 0 Å². The molecule has 0 aromatic heterocycles. The van der Waals surface area contributed by atoms with Crippen LogP contribution in [-0.4, -0.2) is 5.78 Å². The number of nitriles is 1. The number of nitrogens with two attached hydrogens (primary N) is 1. The Labute approximate surface area is 117 Å². The van der Waals surface area contributed by atoms with E-state index in [0.717, 1.165) is 5.56 Å². The third kappa shape index (κ3) is 2.96. The van der Waals surface area contributed by atoms with Crippen molar-refractivity contribution in [3.63, 3.8) is 0 Å². The highest BCUT2D eigenvalue weighted by atomic mass is 16.5. The quantitative estimate of drug-likeness (QED) is 0.682. The van der Waals surface area contributed by atoms with E-state index in [1.807, 2.05) is 24.3 Å². The topological polar surface area (TPSA) is 76.1 Å². The fraction of sp³-hybridized carbons (Fsp3) is 0.125. The van der Waals surface area contributed by atoms with E-state index in [9.17, 15) is 4.79 Å². The zero-order valence-corrected chi connectivity index (χ0v) is 11.1. The summed E-state index contributed by atoms with van der Waals surface area (Å²) in [5.41, 5.74) is 8.08. The van der Waals surface area contributed by atoms with Gasteiger partial charge in [0.1, 0.15) is 18.4 Å². The summed E-state index contributed by atoms with van der Waals surface area (Å²) in [5, 5.41) is 9.04. The molecule has 0 saturated carbocycles. The van der Waals surface area contributed by atoms with Crippen LogP contribution in [0.5, 0.6) is 5.75 Å². The second kappa shape index (κ2) is 5.89. The number of nitrogens with zero attached hydrogens (tertiary/aromatic N) is 1. The van der Waals surface area contributed by atoms with Crippen molar-refractivity contribution in [3.8, 4) is 11.8 Å². The highest BCUT2D eigenvalue weighted by molar-refractivity contribution is 5.96. The van der Waals surface area contributed by atoms with Gasteiger partial charge in [-0.25, -0.2) is 0 Å². The molecule has 20 heavy (non-hydrogen) atoms. The summed E-state index contributed by atoms with van der Waals surface area (Å²) in [4.78, 5) is 11.4. The summed E-state index contributed by atoms with van der Waals surface area (Å²) in [6, 6.07) is 14.3. The lowest BCUT2D eigenvalue weighted by Crippen LogP contribution is -2.01. The Hall–Kier alpha value is -2.80. The van der Waals surface area contributed by atoms with Crippen molar-refractivity contribution in [1.29, 1.82) is 5.26 Å². The molecule has 0 heterocycles. The van der Waals surface area contributed by atoms with Crippen molar-refractivity contribution in [2.75, 3.05) is 5.73 Å². The van der Waals surface area contributed by atoms with E-state index in [2.05, 4.69) is 0 Å². The molecule has 0 aliphatic carbocycles. The van der Waals surface area contributed by atoms with Crippen molar-refractivity contribution in [3.05, 3.63) is 59.2 Å². The zero-order chi connectivity index (χ0) is 14.5. The molecular formula is C16H14N2O2. The molecule has 0 saturated heterocycles. The molecule has 2 aromatic rings. The number of rotatable bonds is 4. The molecule has 0 radical (unpaired) electrons. The maximum absolute atomic E-state index is 11.4. The number of benzene rings is 2. The van der Waals surface area contributed by atoms with E-state index < -0.39 is 0 Å². The minimum absolute atomic E-state index is 0.139.